The van der Waals surface area contributed by atoms with E-state index in [1.165, 1.54) is 33.7 Å². The van der Waals surface area contributed by atoms with Gasteiger partial charge in [-0.25, -0.2) is 23.1 Å². The van der Waals surface area contributed by atoms with E-state index < -0.39 is 35.2 Å². The third-order valence-electron chi connectivity index (χ3n) is 7.35. The minimum atomic E-state index is -1.47. The topological polar surface area (TPSA) is 106 Å². The Labute approximate surface area is 248 Å². The molecule has 0 radical (unpaired) electrons. The molecule has 5 rings (SSSR count). The van der Waals surface area contributed by atoms with Gasteiger partial charge in [0.25, 0.3) is 5.91 Å². The van der Waals surface area contributed by atoms with Crippen LogP contribution in [0.1, 0.15) is 71.7 Å². The smallest absolute Gasteiger partial charge is 0.337 e. The molecule has 1 N–H and O–H groups in total. The molecule has 9 nitrogen and oxygen atoms in total. The van der Waals surface area contributed by atoms with Crippen LogP contribution in [-0.2, 0) is 22.5 Å². The fraction of sp³-hybridized carbons (Fsp3) is 0.375. The molecule has 1 aliphatic rings. The molecule has 4 aromatic rings. The lowest BCUT2D eigenvalue weighted by atomic mass is 9.91. The summed E-state index contributed by atoms with van der Waals surface area (Å²) in [4.78, 5) is 32.2. The molecule has 11 heteroatoms. The molecule has 0 saturated carbocycles. The number of carboxylic acids is 1. The first-order valence-electron chi connectivity index (χ1n) is 14.0. The van der Waals surface area contributed by atoms with Crippen molar-refractivity contribution < 1.29 is 33.0 Å². The van der Waals surface area contributed by atoms with E-state index in [0.29, 0.717) is 47.4 Å². The van der Waals surface area contributed by atoms with Gasteiger partial charge in [-0.1, -0.05) is 12.1 Å². The van der Waals surface area contributed by atoms with E-state index >= 15 is 4.39 Å². The normalized spacial score (nSPS) is 13.9. The van der Waals surface area contributed by atoms with Crippen LogP contribution < -0.4 is 4.74 Å². The van der Waals surface area contributed by atoms with E-state index in [2.05, 4.69) is 10.1 Å². The predicted molar refractivity (Wildman–Crippen MR) is 155 cm³/mol. The Morgan fingerprint density at radius 2 is 1.93 bits per heavy atom. The average Bonchev–Trinajstić information content (AvgIpc) is 3.36. The monoisotopic (exact) mass is 592 g/mol. The minimum absolute atomic E-state index is 0.0345. The number of hydrogen-bond acceptors (Lipinski definition) is 6. The van der Waals surface area contributed by atoms with E-state index in [9.17, 15) is 19.1 Å². The number of aromatic nitrogens is 3. The molecule has 2 aromatic heterocycles. The highest BCUT2D eigenvalue weighted by Crippen LogP contribution is 2.41. The van der Waals surface area contributed by atoms with Crippen LogP contribution >= 0.6 is 0 Å². The molecule has 3 heterocycles. The second-order valence-corrected chi connectivity index (χ2v) is 11.8. The van der Waals surface area contributed by atoms with Crippen molar-refractivity contribution in [1.29, 1.82) is 0 Å². The van der Waals surface area contributed by atoms with Crippen LogP contribution in [-0.4, -0.2) is 55.7 Å². The van der Waals surface area contributed by atoms with Gasteiger partial charge in [0.05, 0.1) is 17.9 Å². The van der Waals surface area contributed by atoms with Crippen LogP contribution in [0.15, 0.2) is 36.4 Å². The summed E-state index contributed by atoms with van der Waals surface area (Å²) >= 11 is 0. The molecule has 0 saturated heterocycles. The molecule has 0 fully saturated rings. The maximum Gasteiger partial charge on any atom is 0.337 e. The van der Waals surface area contributed by atoms with Gasteiger partial charge in [0.2, 0.25) is 0 Å². The largest absolute Gasteiger partial charge is 0.490 e. The summed E-state index contributed by atoms with van der Waals surface area (Å²) in [6, 6.07) is 8.76. The second kappa shape index (κ2) is 11.4. The van der Waals surface area contributed by atoms with Crippen molar-refractivity contribution >= 4 is 17.5 Å². The zero-order valence-electron chi connectivity index (χ0n) is 25.0. The Hall–Kier alpha value is -4.38. The third-order valence-corrected chi connectivity index (χ3v) is 7.35. The van der Waals surface area contributed by atoms with Gasteiger partial charge in [0.1, 0.15) is 5.82 Å². The molecule has 226 valence electrons. The minimum Gasteiger partial charge on any atom is -0.490 e. The zero-order chi connectivity index (χ0) is 31.2. The summed E-state index contributed by atoms with van der Waals surface area (Å²) in [7, 11) is 1.57. The van der Waals surface area contributed by atoms with E-state index in [1.807, 2.05) is 6.92 Å². The van der Waals surface area contributed by atoms with Gasteiger partial charge in [0.15, 0.2) is 29.0 Å². The molecule has 43 heavy (non-hydrogen) atoms. The number of amides is 1. The van der Waals surface area contributed by atoms with Crippen molar-refractivity contribution in [3.63, 3.8) is 0 Å². The quantitative estimate of drug-likeness (QED) is 0.288. The molecule has 0 spiro atoms. The molecule has 2 aromatic carbocycles. The molecule has 0 bridgehead atoms. The van der Waals surface area contributed by atoms with Crippen LogP contribution in [0.25, 0.3) is 16.9 Å². The van der Waals surface area contributed by atoms with Crippen molar-refractivity contribution in [1.82, 2.24) is 19.5 Å². The number of aryl methyl sites for hydroxylation is 1. The molecular formula is C32H34F2N4O5. The average molecular weight is 593 g/mol. The van der Waals surface area contributed by atoms with Gasteiger partial charge in [-0.2, -0.15) is 5.10 Å². The van der Waals surface area contributed by atoms with Gasteiger partial charge in [-0.05, 0) is 76.8 Å². The van der Waals surface area contributed by atoms with Gasteiger partial charge < -0.3 is 19.5 Å². The number of ether oxygens (including phenoxy) is 2. The maximum absolute atomic E-state index is 15.5. The van der Waals surface area contributed by atoms with Crippen LogP contribution in [0.2, 0.25) is 0 Å². The Morgan fingerprint density at radius 1 is 1.19 bits per heavy atom. The summed E-state index contributed by atoms with van der Waals surface area (Å²) in [5, 5.41) is 14.9. The summed E-state index contributed by atoms with van der Waals surface area (Å²) in [5.41, 5.74) is 2.64. The number of aliphatic carboxylic acids is 1. The van der Waals surface area contributed by atoms with Gasteiger partial charge in [-0.3, -0.25) is 4.79 Å². The highest BCUT2D eigenvalue weighted by molar-refractivity contribution is 5.93. The zero-order valence-corrected chi connectivity index (χ0v) is 25.0. The van der Waals surface area contributed by atoms with Crippen molar-refractivity contribution in [3.05, 3.63) is 81.7 Å². The van der Waals surface area contributed by atoms with Crippen molar-refractivity contribution in [2.75, 3.05) is 13.7 Å². The molecule has 0 aliphatic carbocycles. The van der Waals surface area contributed by atoms with Crippen molar-refractivity contribution in [3.8, 4) is 17.0 Å². The number of nitrogens with zero attached hydrogens (tertiary/aromatic N) is 4. The molecule has 1 aliphatic heterocycles. The Morgan fingerprint density at radius 3 is 2.60 bits per heavy atom. The first kappa shape index (κ1) is 30.1. The lowest BCUT2D eigenvalue weighted by Gasteiger charge is -2.28. The predicted octanol–water partition coefficient (Wildman–Crippen LogP) is 5.83. The second-order valence-electron chi connectivity index (χ2n) is 11.8. The summed E-state index contributed by atoms with van der Waals surface area (Å²) in [5.74, 6) is -2.51. The van der Waals surface area contributed by atoms with Gasteiger partial charge >= 0.3 is 5.97 Å². The number of benzene rings is 2. The van der Waals surface area contributed by atoms with E-state index in [0.717, 1.165) is 0 Å². The number of carbonyl (C=O) groups excluding carboxylic acids is 1. The molecule has 1 unspecified atom stereocenters. The third kappa shape index (κ3) is 5.94. The highest BCUT2D eigenvalue weighted by Gasteiger charge is 2.35. The molecule has 1 amide bonds. The number of hydrogen-bond donors (Lipinski definition) is 1. The van der Waals surface area contributed by atoms with E-state index in [4.69, 9.17) is 9.47 Å². The fourth-order valence-electron chi connectivity index (χ4n) is 5.48. The van der Waals surface area contributed by atoms with Crippen LogP contribution in [0.4, 0.5) is 8.78 Å². The van der Waals surface area contributed by atoms with E-state index in [-0.39, 0.29) is 34.9 Å². The molecular weight excluding hydrogens is 558 g/mol. The number of fused-ring (bicyclic) bond motifs is 2. The lowest BCUT2D eigenvalue weighted by Crippen LogP contribution is -2.29. The molecule has 1 atom stereocenters. The summed E-state index contributed by atoms with van der Waals surface area (Å²) in [6.07, 6.45) is -0.180. The number of carbonyl (C=O) groups is 2. The van der Waals surface area contributed by atoms with Crippen LogP contribution in [0.5, 0.6) is 5.75 Å². The van der Waals surface area contributed by atoms with Crippen LogP contribution in [0, 0.1) is 25.5 Å². The van der Waals surface area contributed by atoms with Gasteiger partial charge in [-0.15, -0.1) is 0 Å². The van der Waals surface area contributed by atoms with Gasteiger partial charge in [0, 0.05) is 42.0 Å². The number of carboxylic acid groups (broad SMARTS) is 1. The fourth-order valence-corrected chi connectivity index (χ4v) is 5.48. The summed E-state index contributed by atoms with van der Waals surface area (Å²) in [6.45, 7) is 9.24. The van der Waals surface area contributed by atoms with E-state index in [1.54, 1.807) is 46.9 Å². The highest BCUT2D eigenvalue weighted by atomic mass is 19.1. The van der Waals surface area contributed by atoms with Crippen LogP contribution in [0.3, 0.4) is 0 Å². The van der Waals surface area contributed by atoms with Crippen molar-refractivity contribution in [2.24, 2.45) is 0 Å². The maximum atomic E-state index is 15.5. The number of rotatable bonds is 7. The first-order chi connectivity index (χ1) is 20.2. The number of halogens is 2. The Bertz CT molecular complexity index is 1740. The SMILES string of the molecule is Cc1nc2cc(C(=O)N(C)Cc3cccc(F)c3)nn2c(-c2cc(F)c3c(c2C)CCCO3)c1C(OC(C)(C)C)C(=O)O. The lowest BCUT2D eigenvalue weighted by molar-refractivity contribution is -0.160. The first-order valence-corrected chi connectivity index (χ1v) is 14.0. The standard InChI is InChI=1S/C32H34F2N4O5/c1-17-21-11-8-12-42-28(21)23(34)14-22(17)27-26(29(31(40)41)43-32(3,4)5)18(2)35-25-15-24(36-38(25)27)30(39)37(6)16-19-9-7-10-20(33)13-19/h7,9-10,13-15,29H,8,11-12,16H2,1-6H3,(H,40,41). The Kier molecular flexibility index (Phi) is 7.95. The summed E-state index contributed by atoms with van der Waals surface area (Å²) < 4.78 is 42.3. The van der Waals surface area contributed by atoms with Crippen molar-refractivity contribution in [2.45, 2.75) is 65.7 Å². The Balaban J connectivity index is 1.73.